The van der Waals surface area contributed by atoms with Gasteiger partial charge in [0.15, 0.2) is 0 Å². The van der Waals surface area contributed by atoms with Crippen LogP contribution in [-0.2, 0) is 22.9 Å². The zero-order valence-electron chi connectivity index (χ0n) is 15.8. The number of rotatable bonds is 9. The van der Waals surface area contributed by atoms with E-state index in [1.165, 1.54) is 7.11 Å². The molecule has 0 spiro atoms. The fourth-order valence-electron chi connectivity index (χ4n) is 2.51. The molecule has 1 aliphatic heterocycles. The van der Waals surface area contributed by atoms with Crippen LogP contribution in [0.5, 0.6) is 0 Å². The molecule has 1 rings (SSSR count). The predicted molar refractivity (Wildman–Crippen MR) is 93.7 cm³/mol. The van der Waals surface area contributed by atoms with Crippen molar-refractivity contribution in [3.63, 3.8) is 0 Å². The SMILES string of the molecule is BC1OC(CC(C)(CC)OP(=O)(OC)OC(C)(C)CC)C(O)C1O. The van der Waals surface area contributed by atoms with E-state index in [0.717, 1.165) is 0 Å². The Morgan fingerprint density at radius 1 is 1.12 bits per heavy atom. The number of phosphoric acid groups is 1. The lowest BCUT2D eigenvalue weighted by molar-refractivity contribution is -0.0583. The molecule has 9 heteroatoms. The lowest BCUT2D eigenvalue weighted by Gasteiger charge is -2.36. The van der Waals surface area contributed by atoms with Crippen LogP contribution in [0.1, 0.15) is 53.9 Å². The number of ether oxygens (including phenoxy) is 1. The molecule has 0 aromatic rings. The highest BCUT2D eigenvalue weighted by Crippen LogP contribution is 2.56. The summed E-state index contributed by atoms with van der Waals surface area (Å²) in [6, 6.07) is -0.462. The molecule has 1 fully saturated rings. The zero-order valence-corrected chi connectivity index (χ0v) is 16.7. The van der Waals surface area contributed by atoms with Crippen LogP contribution in [0, 0.1) is 0 Å². The molecule has 7 nitrogen and oxygen atoms in total. The van der Waals surface area contributed by atoms with Crippen molar-refractivity contribution >= 4 is 15.7 Å². The molecule has 6 unspecified atom stereocenters. The van der Waals surface area contributed by atoms with Crippen molar-refractivity contribution in [2.24, 2.45) is 0 Å². The summed E-state index contributed by atoms with van der Waals surface area (Å²) in [5.41, 5.74) is -1.56. The highest BCUT2D eigenvalue weighted by molar-refractivity contribution is 7.48. The molecular weight excluding hydrogens is 334 g/mol. The van der Waals surface area contributed by atoms with Gasteiger partial charge in [-0.3, -0.25) is 13.6 Å². The predicted octanol–water partition coefficient (Wildman–Crippen LogP) is 1.60. The van der Waals surface area contributed by atoms with E-state index in [1.807, 2.05) is 27.7 Å². The molecule has 0 amide bonds. The molecule has 0 aliphatic carbocycles. The van der Waals surface area contributed by atoms with Crippen LogP contribution >= 0.6 is 7.82 Å². The first-order chi connectivity index (χ1) is 10.9. The van der Waals surface area contributed by atoms with Crippen LogP contribution in [0.3, 0.4) is 0 Å². The summed E-state index contributed by atoms with van der Waals surface area (Å²) in [4.78, 5) is 0. The molecule has 2 N–H and O–H groups in total. The second kappa shape index (κ2) is 8.17. The fourth-order valence-corrected chi connectivity index (χ4v) is 4.17. The second-order valence-electron chi connectivity index (χ2n) is 7.29. The number of aliphatic hydroxyl groups is 2. The van der Waals surface area contributed by atoms with Crippen LogP contribution in [-0.4, -0.2) is 60.7 Å². The van der Waals surface area contributed by atoms with Gasteiger partial charge in [0.25, 0.3) is 0 Å². The van der Waals surface area contributed by atoms with Crippen LogP contribution < -0.4 is 0 Å². The van der Waals surface area contributed by atoms with Crippen molar-refractivity contribution in [2.45, 2.75) is 89.4 Å². The maximum absolute atomic E-state index is 12.9. The van der Waals surface area contributed by atoms with Crippen LogP contribution in [0.2, 0.25) is 0 Å². The summed E-state index contributed by atoms with van der Waals surface area (Å²) in [6.07, 6.45) is -1.15. The summed E-state index contributed by atoms with van der Waals surface area (Å²) in [7, 11) is -0.797. The summed E-state index contributed by atoms with van der Waals surface area (Å²) < 4.78 is 35.0. The van der Waals surface area contributed by atoms with Gasteiger partial charge in [-0.25, -0.2) is 4.57 Å². The molecule has 0 saturated carbocycles. The van der Waals surface area contributed by atoms with Crippen molar-refractivity contribution in [2.75, 3.05) is 7.11 Å². The molecule has 0 aromatic heterocycles. The van der Waals surface area contributed by atoms with Gasteiger partial charge in [-0.1, -0.05) is 13.8 Å². The zero-order chi connectivity index (χ0) is 18.8. The van der Waals surface area contributed by atoms with E-state index < -0.39 is 43.3 Å². The van der Waals surface area contributed by atoms with E-state index in [9.17, 15) is 14.8 Å². The minimum atomic E-state index is -3.78. The van der Waals surface area contributed by atoms with Crippen molar-refractivity contribution in [3.05, 3.63) is 0 Å². The normalized spacial score (nSPS) is 33.2. The topological polar surface area (TPSA) is 94.5 Å². The minimum absolute atomic E-state index is 0.259. The summed E-state index contributed by atoms with van der Waals surface area (Å²) in [5.74, 6) is 0. The molecule has 0 radical (unpaired) electrons. The Kier molecular flexibility index (Phi) is 7.52. The number of hydrogen-bond donors (Lipinski definition) is 2. The molecule has 6 atom stereocenters. The van der Waals surface area contributed by atoms with Crippen molar-refractivity contribution in [3.8, 4) is 0 Å². The quantitative estimate of drug-likeness (QED) is 0.473. The third-order valence-electron chi connectivity index (χ3n) is 4.75. The van der Waals surface area contributed by atoms with Crippen LogP contribution in [0.4, 0.5) is 0 Å². The van der Waals surface area contributed by atoms with Gasteiger partial charge in [-0.05, 0) is 33.6 Å². The van der Waals surface area contributed by atoms with Crippen LogP contribution in [0.15, 0.2) is 0 Å². The molecular formula is C15H32BO7P. The first kappa shape index (κ1) is 22.1. The molecule has 1 aliphatic rings. The maximum Gasteiger partial charge on any atom is 0.475 e. The van der Waals surface area contributed by atoms with E-state index >= 15 is 0 Å². The van der Waals surface area contributed by atoms with E-state index in [1.54, 1.807) is 14.8 Å². The highest BCUT2D eigenvalue weighted by atomic mass is 31.2. The van der Waals surface area contributed by atoms with Crippen molar-refractivity contribution in [1.82, 2.24) is 0 Å². The molecule has 1 heterocycles. The monoisotopic (exact) mass is 366 g/mol. The first-order valence-electron chi connectivity index (χ1n) is 8.50. The van der Waals surface area contributed by atoms with E-state index in [4.69, 9.17) is 18.3 Å². The smallest absolute Gasteiger partial charge is 0.388 e. The van der Waals surface area contributed by atoms with Gasteiger partial charge in [0, 0.05) is 13.5 Å². The van der Waals surface area contributed by atoms with Gasteiger partial charge >= 0.3 is 7.82 Å². The van der Waals surface area contributed by atoms with Gasteiger partial charge < -0.3 is 14.9 Å². The van der Waals surface area contributed by atoms with Gasteiger partial charge in [0.05, 0.1) is 23.3 Å². The summed E-state index contributed by atoms with van der Waals surface area (Å²) in [5, 5.41) is 20.0. The third-order valence-corrected chi connectivity index (χ3v) is 6.58. The van der Waals surface area contributed by atoms with Gasteiger partial charge in [-0.15, -0.1) is 0 Å². The minimum Gasteiger partial charge on any atom is -0.388 e. The number of aliphatic hydroxyl groups excluding tert-OH is 2. The van der Waals surface area contributed by atoms with Gasteiger partial charge in [0.1, 0.15) is 20.1 Å². The Bertz CT molecular complexity index is 461. The van der Waals surface area contributed by atoms with Crippen molar-refractivity contribution < 1.29 is 33.1 Å². The average Bonchev–Trinajstić information content (AvgIpc) is 2.73. The average molecular weight is 366 g/mol. The Morgan fingerprint density at radius 2 is 1.71 bits per heavy atom. The molecule has 142 valence electrons. The standard InChI is InChI=1S/C15H32BO7P/c1-7-14(3,4)22-24(19,20-6)23-15(5,8-2)9-10-11(17)12(18)13(16)21-10/h10-13,17-18H,7-9,16H2,1-6H3. The largest absolute Gasteiger partial charge is 0.475 e. The Labute approximate surface area is 146 Å². The summed E-state index contributed by atoms with van der Waals surface area (Å²) in [6.45, 7) is 9.20. The van der Waals surface area contributed by atoms with E-state index in [-0.39, 0.29) is 6.42 Å². The summed E-state index contributed by atoms with van der Waals surface area (Å²) >= 11 is 0. The Hall–Kier alpha value is 0.0549. The molecule has 1 saturated heterocycles. The third kappa shape index (κ3) is 5.53. The van der Waals surface area contributed by atoms with Gasteiger partial charge in [0.2, 0.25) is 0 Å². The Morgan fingerprint density at radius 3 is 2.08 bits per heavy atom. The lowest BCUT2D eigenvalue weighted by Crippen LogP contribution is -2.39. The fraction of sp³-hybridized carbons (Fsp3) is 1.00. The van der Waals surface area contributed by atoms with Crippen molar-refractivity contribution in [1.29, 1.82) is 0 Å². The maximum atomic E-state index is 12.9. The van der Waals surface area contributed by atoms with E-state index in [2.05, 4.69) is 0 Å². The first-order valence-corrected chi connectivity index (χ1v) is 9.96. The molecule has 0 aromatic carbocycles. The lowest BCUT2D eigenvalue weighted by atomic mass is 9.90. The van der Waals surface area contributed by atoms with Gasteiger partial charge in [-0.2, -0.15) is 0 Å². The number of hydrogen-bond acceptors (Lipinski definition) is 7. The highest BCUT2D eigenvalue weighted by Gasteiger charge is 2.46. The molecule has 24 heavy (non-hydrogen) atoms. The van der Waals surface area contributed by atoms with Crippen LogP contribution in [0.25, 0.3) is 0 Å². The molecule has 0 bridgehead atoms. The van der Waals surface area contributed by atoms with E-state index in [0.29, 0.717) is 12.8 Å². The second-order valence-corrected chi connectivity index (χ2v) is 8.92. The number of phosphoric ester groups is 1. The Balaban J connectivity index is 2.88.